The second-order valence-electron chi connectivity index (χ2n) is 9.26. The highest BCUT2D eigenvalue weighted by atomic mass is 16.5. The molecule has 154 valence electrons. The van der Waals surface area contributed by atoms with Gasteiger partial charge < -0.3 is 4.74 Å². The normalized spacial score (nSPS) is 32.0. The molecular formula is C26H26O4. The minimum Gasteiger partial charge on any atom is -0.373 e. The molecule has 0 N–H and O–H groups in total. The third-order valence-corrected chi connectivity index (χ3v) is 7.33. The molecule has 2 aromatic rings. The molecule has 2 heterocycles. The van der Waals surface area contributed by atoms with Crippen molar-refractivity contribution in [2.24, 2.45) is 11.8 Å². The average Bonchev–Trinajstić information content (AvgIpc) is 3.34. The molecule has 3 fully saturated rings. The van der Waals surface area contributed by atoms with Gasteiger partial charge in [-0.15, -0.1) is 0 Å². The Hall–Kier alpha value is -2.59. The Morgan fingerprint density at radius 3 is 2.30 bits per heavy atom. The second kappa shape index (κ2) is 6.71. The van der Waals surface area contributed by atoms with Crippen LogP contribution in [0.1, 0.15) is 63.4 Å². The third-order valence-electron chi connectivity index (χ3n) is 7.33. The van der Waals surface area contributed by atoms with Crippen molar-refractivity contribution in [3.8, 4) is 0 Å². The van der Waals surface area contributed by atoms with Gasteiger partial charge in [0, 0.05) is 11.5 Å². The van der Waals surface area contributed by atoms with Gasteiger partial charge in [-0.2, -0.15) is 0 Å². The fourth-order valence-electron chi connectivity index (χ4n) is 6.21. The van der Waals surface area contributed by atoms with E-state index in [-0.39, 0.29) is 47.3 Å². The molecule has 4 heteroatoms. The summed E-state index contributed by atoms with van der Waals surface area (Å²) in [5.41, 5.74) is 5.75. The Balaban J connectivity index is 1.51. The van der Waals surface area contributed by atoms with Gasteiger partial charge in [0.1, 0.15) is 5.92 Å². The summed E-state index contributed by atoms with van der Waals surface area (Å²) in [4.78, 5) is 38.8. The summed E-state index contributed by atoms with van der Waals surface area (Å²) < 4.78 is 6.18. The summed E-state index contributed by atoms with van der Waals surface area (Å²) in [7, 11) is 0. The Morgan fingerprint density at radius 1 is 0.967 bits per heavy atom. The SMILES string of the molecule is CC(=O)c1cccc([C@@H]2C[C@@H]3O[C@H]2[C@H]2C(=O)C(c4c(C)cc(C)cc4C)C(=O)[C@H]23)c1. The molecule has 1 unspecified atom stereocenters. The van der Waals surface area contributed by atoms with Gasteiger partial charge in [-0.1, -0.05) is 35.9 Å². The van der Waals surface area contributed by atoms with E-state index in [2.05, 4.69) is 12.1 Å². The number of ether oxygens (including phenoxy) is 1. The van der Waals surface area contributed by atoms with E-state index in [1.165, 1.54) is 0 Å². The van der Waals surface area contributed by atoms with E-state index < -0.39 is 5.92 Å². The molecule has 2 saturated heterocycles. The molecule has 30 heavy (non-hydrogen) atoms. The highest BCUT2D eigenvalue weighted by Gasteiger charge is 2.66. The number of fused-ring (bicyclic) bond motifs is 5. The fraction of sp³-hybridized carbons (Fsp3) is 0.423. The van der Waals surface area contributed by atoms with Crippen LogP contribution >= 0.6 is 0 Å². The van der Waals surface area contributed by atoms with Gasteiger partial charge in [0.15, 0.2) is 17.3 Å². The molecule has 0 spiro atoms. The molecule has 5 rings (SSSR count). The molecule has 0 radical (unpaired) electrons. The number of benzene rings is 2. The Kier molecular flexibility index (Phi) is 4.33. The number of rotatable bonds is 3. The van der Waals surface area contributed by atoms with Gasteiger partial charge in [0.25, 0.3) is 0 Å². The van der Waals surface area contributed by atoms with Crippen molar-refractivity contribution in [3.05, 3.63) is 69.8 Å². The lowest BCUT2D eigenvalue weighted by molar-refractivity contribution is -0.127. The molecule has 0 amide bonds. The fourth-order valence-corrected chi connectivity index (χ4v) is 6.21. The van der Waals surface area contributed by atoms with E-state index in [4.69, 9.17) is 4.74 Å². The lowest BCUT2D eigenvalue weighted by Gasteiger charge is -2.26. The van der Waals surface area contributed by atoms with Crippen LogP contribution in [-0.2, 0) is 14.3 Å². The zero-order chi connectivity index (χ0) is 21.3. The van der Waals surface area contributed by atoms with Crippen molar-refractivity contribution in [2.75, 3.05) is 0 Å². The van der Waals surface area contributed by atoms with E-state index in [1.54, 1.807) is 6.92 Å². The topological polar surface area (TPSA) is 60.4 Å². The lowest BCUT2D eigenvalue weighted by Crippen LogP contribution is -2.34. The van der Waals surface area contributed by atoms with E-state index >= 15 is 0 Å². The standard InChI is InChI=1S/C26H26O4/c1-12-8-13(2)20(14(3)9-12)22-24(28)21-19-11-18(26(30-19)23(21)25(22)29)17-7-5-6-16(10-17)15(4)27/h5-10,18-19,21-23,26H,11H2,1-4H3/t18-,19-,21-,22?,23+,26+/m0/s1. The maximum atomic E-state index is 13.6. The number of hydrogen-bond acceptors (Lipinski definition) is 4. The van der Waals surface area contributed by atoms with Crippen molar-refractivity contribution in [1.82, 2.24) is 0 Å². The zero-order valence-electron chi connectivity index (χ0n) is 17.8. The first-order valence-electron chi connectivity index (χ1n) is 10.7. The van der Waals surface area contributed by atoms with Crippen molar-refractivity contribution in [2.45, 2.75) is 58.2 Å². The van der Waals surface area contributed by atoms with Gasteiger partial charge in [0.2, 0.25) is 0 Å². The third kappa shape index (κ3) is 2.66. The Morgan fingerprint density at radius 2 is 1.63 bits per heavy atom. The first-order chi connectivity index (χ1) is 14.3. The number of Topliss-reactive ketones (excluding diaryl/α,β-unsaturated/α-hetero) is 3. The number of hydrogen-bond donors (Lipinski definition) is 0. The van der Waals surface area contributed by atoms with E-state index in [0.717, 1.165) is 34.2 Å². The maximum Gasteiger partial charge on any atom is 0.159 e. The largest absolute Gasteiger partial charge is 0.373 e. The minimum absolute atomic E-state index is 0.0139. The van der Waals surface area contributed by atoms with Gasteiger partial charge >= 0.3 is 0 Å². The lowest BCUT2D eigenvalue weighted by atomic mass is 9.73. The smallest absolute Gasteiger partial charge is 0.159 e. The van der Waals surface area contributed by atoms with Crippen LogP contribution in [0.3, 0.4) is 0 Å². The van der Waals surface area contributed by atoms with Crippen molar-refractivity contribution < 1.29 is 19.1 Å². The van der Waals surface area contributed by atoms with Crippen molar-refractivity contribution in [3.63, 3.8) is 0 Å². The summed E-state index contributed by atoms with van der Waals surface area (Å²) in [6.45, 7) is 7.57. The zero-order valence-corrected chi connectivity index (χ0v) is 17.8. The summed E-state index contributed by atoms with van der Waals surface area (Å²) in [5, 5.41) is 0. The molecule has 2 bridgehead atoms. The number of carbonyl (C=O) groups is 3. The van der Waals surface area contributed by atoms with E-state index in [1.807, 2.05) is 45.0 Å². The monoisotopic (exact) mass is 402 g/mol. The predicted molar refractivity (Wildman–Crippen MR) is 113 cm³/mol. The molecule has 2 aliphatic heterocycles. The second-order valence-corrected chi connectivity index (χ2v) is 9.26. The number of ketones is 3. The van der Waals surface area contributed by atoms with Gasteiger partial charge in [-0.05, 0) is 62.4 Å². The molecule has 1 aliphatic carbocycles. The molecule has 4 nitrogen and oxygen atoms in total. The molecule has 3 aliphatic rings. The number of aryl methyl sites for hydroxylation is 3. The first-order valence-corrected chi connectivity index (χ1v) is 10.7. The minimum atomic E-state index is -0.670. The summed E-state index contributed by atoms with van der Waals surface area (Å²) in [6.07, 6.45) is 0.235. The molecule has 2 aromatic carbocycles. The molecule has 0 aromatic heterocycles. The number of carbonyl (C=O) groups excluding carboxylic acids is 3. The highest BCUT2D eigenvalue weighted by molar-refractivity contribution is 6.17. The van der Waals surface area contributed by atoms with Crippen molar-refractivity contribution >= 4 is 17.3 Å². The van der Waals surface area contributed by atoms with Crippen LogP contribution in [0.5, 0.6) is 0 Å². The summed E-state index contributed by atoms with van der Waals surface area (Å²) >= 11 is 0. The first kappa shape index (κ1) is 19.4. The van der Waals surface area contributed by atoms with E-state index in [0.29, 0.717) is 5.56 Å². The van der Waals surface area contributed by atoms with Crippen LogP contribution in [0.4, 0.5) is 0 Å². The quantitative estimate of drug-likeness (QED) is 0.569. The summed E-state index contributed by atoms with van der Waals surface area (Å²) in [5.74, 6) is -1.27. The average molecular weight is 402 g/mol. The van der Waals surface area contributed by atoms with Crippen LogP contribution in [0.15, 0.2) is 36.4 Å². The molecule has 1 saturated carbocycles. The maximum absolute atomic E-state index is 13.6. The van der Waals surface area contributed by atoms with Crippen LogP contribution in [-0.4, -0.2) is 29.6 Å². The predicted octanol–water partition coefficient (Wildman–Crippen LogP) is 4.24. The van der Waals surface area contributed by atoms with Crippen LogP contribution < -0.4 is 0 Å². The van der Waals surface area contributed by atoms with Crippen molar-refractivity contribution in [1.29, 1.82) is 0 Å². The van der Waals surface area contributed by atoms with Gasteiger partial charge in [-0.3, -0.25) is 14.4 Å². The summed E-state index contributed by atoms with van der Waals surface area (Å²) in [6, 6.07) is 11.7. The molecule has 6 atom stereocenters. The Bertz CT molecular complexity index is 1070. The molecular weight excluding hydrogens is 376 g/mol. The van der Waals surface area contributed by atoms with Gasteiger partial charge in [-0.25, -0.2) is 0 Å². The van der Waals surface area contributed by atoms with Crippen LogP contribution in [0.25, 0.3) is 0 Å². The van der Waals surface area contributed by atoms with Gasteiger partial charge in [0.05, 0.1) is 24.0 Å². The van der Waals surface area contributed by atoms with Crippen LogP contribution in [0, 0.1) is 32.6 Å². The Labute approximate surface area is 176 Å². The highest BCUT2D eigenvalue weighted by Crippen LogP contribution is 2.57. The van der Waals surface area contributed by atoms with Crippen LogP contribution in [0.2, 0.25) is 0 Å². The van der Waals surface area contributed by atoms with E-state index in [9.17, 15) is 14.4 Å².